The molecule has 1 atom stereocenters. The molecule has 0 fully saturated rings. The van der Waals surface area contributed by atoms with Crippen molar-refractivity contribution in [2.75, 3.05) is 20.3 Å². The first-order chi connectivity index (χ1) is 14.4. The summed E-state index contributed by atoms with van der Waals surface area (Å²) in [6.45, 7) is 7.97. The van der Waals surface area contributed by atoms with E-state index in [1.54, 1.807) is 7.11 Å². The first-order valence-corrected chi connectivity index (χ1v) is 11.0. The number of rotatable bonds is 10. The normalized spacial score (nSPS) is 17.6. The number of fused-ring (bicyclic) bond motifs is 1. The lowest BCUT2D eigenvalue weighted by Gasteiger charge is -2.24. The molecule has 0 unspecified atom stereocenters. The number of methoxy groups -OCH3 is 1. The summed E-state index contributed by atoms with van der Waals surface area (Å²) in [5.74, 6) is 1.62. The van der Waals surface area contributed by atoms with Crippen LogP contribution in [0.25, 0.3) is 0 Å². The van der Waals surface area contributed by atoms with E-state index in [1.807, 2.05) is 0 Å². The van der Waals surface area contributed by atoms with Crippen LogP contribution in [0.1, 0.15) is 61.8 Å². The first-order valence-electron chi connectivity index (χ1n) is 11.0. The van der Waals surface area contributed by atoms with Crippen LogP contribution in [-0.4, -0.2) is 31.8 Å². The van der Waals surface area contributed by atoms with E-state index < -0.39 is 0 Å². The van der Waals surface area contributed by atoms with Crippen molar-refractivity contribution in [2.45, 2.75) is 64.4 Å². The summed E-state index contributed by atoms with van der Waals surface area (Å²) in [7, 11) is 1.67. The second-order valence-electron chi connectivity index (χ2n) is 8.94. The molecule has 1 aliphatic rings. The van der Waals surface area contributed by atoms with Gasteiger partial charge in [0.05, 0.1) is 0 Å². The number of amides is 1. The zero-order valence-electron chi connectivity index (χ0n) is 18.8. The van der Waals surface area contributed by atoms with Crippen molar-refractivity contribution in [1.29, 1.82) is 0 Å². The minimum atomic E-state index is -0.223. The maximum atomic E-state index is 12.0. The van der Waals surface area contributed by atoms with Crippen molar-refractivity contribution in [3.05, 3.63) is 64.7 Å². The van der Waals surface area contributed by atoms with E-state index >= 15 is 0 Å². The molecule has 4 nitrogen and oxygen atoms in total. The average molecular weight is 410 g/mol. The summed E-state index contributed by atoms with van der Waals surface area (Å²) < 4.78 is 11.3. The highest BCUT2D eigenvalue weighted by Gasteiger charge is 2.35. The summed E-state index contributed by atoms with van der Waals surface area (Å²) in [5.41, 5.74) is 4.88. The fourth-order valence-electron chi connectivity index (χ4n) is 4.07. The van der Waals surface area contributed by atoms with E-state index in [1.165, 1.54) is 22.3 Å². The van der Waals surface area contributed by atoms with Crippen molar-refractivity contribution < 1.29 is 14.3 Å². The fraction of sp³-hybridized carbons (Fsp3) is 0.500. The van der Waals surface area contributed by atoms with Gasteiger partial charge in [-0.25, -0.2) is 0 Å². The third-order valence-corrected chi connectivity index (χ3v) is 5.76. The van der Waals surface area contributed by atoms with Crippen LogP contribution >= 0.6 is 0 Å². The van der Waals surface area contributed by atoms with Gasteiger partial charge in [-0.15, -0.1) is 0 Å². The minimum absolute atomic E-state index is 0.0949. The predicted molar refractivity (Wildman–Crippen MR) is 121 cm³/mol. The molecule has 3 rings (SSSR count). The Morgan fingerprint density at radius 3 is 2.60 bits per heavy atom. The Morgan fingerprint density at radius 2 is 1.90 bits per heavy atom. The van der Waals surface area contributed by atoms with E-state index in [-0.39, 0.29) is 11.5 Å². The molecule has 1 amide bonds. The molecule has 2 aromatic rings. The molecule has 1 heterocycles. The van der Waals surface area contributed by atoms with Crippen molar-refractivity contribution in [1.82, 2.24) is 5.32 Å². The van der Waals surface area contributed by atoms with Gasteiger partial charge in [0.1, 0.15) is 11.4 Å². The van der Waals surface area contributed by atoms with Crippen LogP contribution in [0.15, 0.2) is 42.5 Å². The third kappa shape index (κ3) is 6.09. The Labute approximate surface area is 181 Å². The lowest BCUT2D eigenvalue weighted by molar-refractivity contribution is -0.121. The van der Waals surface area contributed by atoms with Gasteiger partial charge < -0.3 is 14.8 Å². The average Bonchev–Trinajstić information content (AvgIpc) is 3.05. The lowest BCUT2D eigenvalue weighted by atomic mass is 9.90. The molecule has 0 bridgehead atoms. The highest BCUT2D eigenvalue weighted by Crippen LogP contribution is 2.37. The molecule has 2 aromatic carbocycles. The monoisotopic (exact) mass is 409 g/mol. The van der Waals surface area contributed by atoms with E-state index in [4.69, 9.17) is 9.47 Å². The maximum Gasteiger partial charge on any atom is 0.220 e. The number of hydrogen-bond donors (Lipinski definition) is 1. The molecule has 30 heavy (non-hydrogen) atoms. The highest BCUT2D eigenvalue weighted by atomic mass is 16.5. The van der Waals surface area contributed by atoms with Crippen LogP contribution < -0.4 is 10.1 Å². The number of aryl methyl sites for hydroxylation is 1. The highest BCUT2D eigenvalue weighted by molar-refractivity contribution is 5.76. The molecule has 1 N–H and O–H groups in total. The molecule has 1 aliphatic heterocycles. The molecule has 4 heteroatoms. The number of carbonyl (C=O) groups is 1. The molecule has 0 aliphatic carbocycles. The summed E-state index contributed by atoms with van der Waals surface area (Å²) in [4.78, 5) is 12.0. The van der Waals surface area contributed by atoms with E-state index in [0.29, 0.717) is 25.5 Å². The molecule has 0 saturated heterocycles. The van der Waals surface area contributed by atoms with Gasteiger partial charge in [0.2, 0.25) is 5.91 Å². The molecular weight excluding hydrogens is 374 g/mol. The number of hydrogen-bond acceptors (Lipinski definition) is 3. The molecule has 0 saturated carbocycles. The van der Waals surface area contributed by atoms with Crippen LogP contribution in [0.2, 0.25) is 0 Å². The topological polar surface area (TPSA) is 47.6 Å². The van der Waals surface area contributed by atoms with Gasteiger partial charge in [-0.2, -0.15) is 0 Å². The zero-order valence-corrected chi connectivity index (χ0v) is 18.8. The van der Waals surface area contributed by atoms with E-state index in [0.717, 1.165) is 31.4 Å². The molecule has 162 valence electrons. The fourth-order valence-corrected chi connectivity index (χ4v) is 4.07. The number of carbonyl (C=O) groups excluding carboxylic acids is 1. The van der Waals surface area contributed by atoms with Gasteiger partial charge in [0, 0.05) is 39.5 Å². The van der Waals surface area contributed by atoms with Crippen LogP contribution in [-0.2, 0) is 28.8 Å². The Balaban J connectivity index is 1.54. The second-order valence-corrected chi connectivity index (χ2v) is 8.94. The second kappa shape index (κ2) is 10.1. The SMILES string of the molecule is COCCCNC(=O)CCc1ccc2c(c1)C[C@](C)(Cc1ccc(C(C)C)cc1)O2. The molecule has 0 spiro atoms. The van der Waals surface area contributed by atoms with Gasteiger partial charge in [-0.05, 0) is 54.0 Å². The summed E-state index contributed by atoms with van der Waals surface area (Å²) in [6.07, 6.45) is 3.88. The third-order valence-electron chi connectivity index (χ3n) is 5.76. The molecule has 0 radical (unpaired) electrons. The number of nitrogens with one attached hydrogen (secondary N) is 1. The summed E-state index contributed by atoms with van der Waals surface area (Å²) >= 11 is 0. The Kier molecular flexibility index (Phi) is 7.54. The number of ether oxygens (including phenoxy) is 2. The minimum Gasteiger partial charge on any atom is -0.487 e. The van der Waals surface area contributed by atoms with Crippen molar-refractivity contribution in [3.8, 4) is 5.75 Å². The summed E-state index contributed by atoms with van der Waals surface area (Å²) in [6, 6.07) is 15.3. The van der Waals surface area contributed by atoms with Crippen molar-refractivity contribution in [2.24, 2.45) is 0 Å². The molecular formula is C26H35NO3. The van der Waals surface area contributed by atoms with E-state index in [9.17, 15) is 4.79 Å². The van der Waals surface area contributed by atoms with Gasteiger partial charge in [0.25, 0.3) is 0 Å². The largest absolute Gasteiger partial charge is 0.487 e. The maximum absolute atomic E-state index is 12.0. The van der Waals surface area contributed by atoms with Gasteiger partial charge in [-0.3, -0.25) is 4.79 Å². The van der Waals surface area contributed by atoms with E-state index in [2.05, 4.69) is 68.6 Å². The number of benzene rings is 2. The van der Waals surface area contributed by atoms with Gasteiger partial charge in [-0.1, -0.05) is 50.2 Å². The standard InChI is InChI=1S/C26H35NO3/c1-19(2)22-10-6-21(7-11-22)17-26(3)18-23-16-20(8-12-24(23)30-26)9-13-25(28)27-14-5-15-29-4/h6-8,10-12,16,19H,5,9,13-15,17-18H2,1-4H3,(H,27,28)/t26-/m0/s1. The van der Waals surface area contributed by atoms with Gasteiger partial charge >= 0.3 is 0 Å². The van der Waals surface area contributed by atoms with Crippen LogP contribution in [0.5, 0.6) is 5.75 Å². The van der Waals surface area contributed by atoms with Gasteiger partial charge in [0.15, 0.2) is 0 Å². The van der Waals surface area contributed by atoms with Crippen LogP contribution in [0.4, 0.5) is 0 Å². The van der Waals surface area contributed by atoms with Crippen LogP contribution in [0, 0.1) is 0 Å². The Hall–Kier alpha value is -2.33. The first kappa shape index (κ1) is 22.4. The Morgan fingerprint density at radius 1 is 1.17 bits per heavy atom. The van der Waals surface area contributed by atoms with Crippen molar-refractivity contribution in [3.63, 3.8) is 0 Å². The molecule has 0 aromatic heterocycles. The smallest absolute Gasteiger partial charge is 0.220 e. The predicted octanol–water partition coefficient (Wildman–Crippen LogP) is 4.83. The Bertz CT molecular complexity index is 844. The quantitative estimate of drug-likeness (QED) is 0.572. The van der Waals surface area contributed by atoms with Crippen LogP contribution in [0.3, 0.4) is 0 Å². The lowest BCUT2D eigenvalue weighted by Crippen LogP contribution is -2.32. The van der Waals surface area contributed by atoms with Crippen molar-refractivity contribution >= 4 is 5.91 Å². The zero-order chi connectivity index (χ0) is 21.6. The summed E-state index contributed by atoms with van der Waals surface area (Å²) in [5, 5.41) is 2.95.